The minimum atomic E-state index is -0.884. The van der Waals surface area contributed by atoms with Crippen molar-refractivity contribution in [3.63, 3.8) is 0 Å². The fraction of sp³-hybridized carbons (Fsp3) is 0.632. The van der Waals surface area contributed by atoms with Gasteiger partial charge in [0.1, 0.15) is 5.54 Å². The second-order valence-corrected chi connectivity index (χ2v) is 7.04. The Bertz CT molecular complexity index is 617. The van der Waals surface area contributed by atoms with E-state index in [1.807, 2.05) is 39.0 Å². The highest BCUT2D eigenvalue weighted by atomic mass is 16.5. The van der Waals surface area contributed by atoms with Crippen LogP contribution in [0.1, 0.15) is 32.8 Å². The molecule has 1 aliphatic rings. The summed E-state index contributed by atoms with van der Waals surface area (Å²) in [6.07, 6.45) is 1.27. The molecule has 1 aromatic rings. The predicted octanol–water partition coefficient (Wildman–Crippen LogP) is 1.89. The topological polar surface area (TPSA) is 82.8 Å². The van der Waals surface area contributed by atoms with E-state index in [4.69, 9.17) is 19.9 Å². The summed E-state index contributed by atoms with van der Waals surface area (Å²) in [4.78, 5) is 12.6. The lowest BCUT2D eigenvalue weighted by Gasteiger charge is -2.57. The molecule has 25 heavy (non-hydrogen) atoms. The van der Waals surface area contributed by atoms with Crippen molar-refractivity contribution in [1.29, 1.82) is 0 Å². The van der Waals surface area contributed by atoms with E-state index in [-0.39, 0.29) is 17.4 Å². The molecule has 1 aliphatic carbocycles. The summed E-state index contributed by atoms with van der Waals surface area (Å²) in [6.45, 7) is 7.08. The van der Waals surface area contributed by atoms with Crippen LogP contribution in [0.3, 0.4) is 0 Å². The van der Waals surface area contributed by atoms with Crippen LogP contribution in [0.15, 0.2) is 18.2 Å². The van der Waals surface area contributed by atoms with Crippen molar-refractivity contribution in [3.8, 4) is 11.5 Å². The van der Waals surface area contributed by atoms with Gasteiger partial charge in [0, 0.05) is 25.0 Å². The maximum Gasteiger partial charge on any atom is 0.240 e. The maximum absolute atomic E-state index is 12.6. The lowest BCUT2D eigenvalue weighted by molar-refractivity contribution is -0.170. The van der Waals surface area contributed by atoms with Gasteiger partial charge in [-0.15, -0.1) is 0 Å². The summed E-state index contributed by atoms with van der Waals surface area (Å²) in [5, 5.41) is 2.97. The van der Waals surface area contributed by atoms with Gasteiger partial charge in [-0.3, -0.25) is 4.79 Å². The molecule has 0 heterocycles. The van der Waals surface area contributed by atoms with Crippen LogP contribution in [0.4, 0.5) is 0 Å². The molecule has 0 saturated heterocycles. The molecule has 2 unspecified atom stereocenters. The second kappa shape index (κ2) is 7.62. The van der Waals surface area contributed by atoms with Gasteiger partial charge in [0.2, 0.25) is 5.91 Å². The number of hydrogen-bond acceptors (Lipinski definition) is 5. The van der Waals surface area contributed by atoms with Crippen LogP contribution >= 0.6 is 0 Å². The first-order valence-corrected chi connectivity index (χ1v) is 8.69. The van der Waals surface area contributed by atoms with Gasteiger partial charge in [0.15, 0.2) is 11.5 Å². The number of hydrogen-bond donors (Lipinski definition) is 2. The fourth-order valence-electron chi connectivity index (χ4n) is 3.33. The zero-order chi connectivity index (χ0) is 18.7. The number of nitrogens with two attached hydrogens (primary N) is 1. The fourth-order valence-corrected chi connectivity index (χ4v) is 3.33. The van der Waals surface area contributed by atoms with Crippen molar-refractivity contribution < 1.29 is 19.0 Å². The number of methoxy groups -OCH3 is 2. The SMILES string of the molecule is CCOC1CC(N)(C(=O)NCCc2ccc(OC)c(OC)c2)C1(C)C. The third kappa shape index (κ3) is 3.60. The Morgan fingerprint density at radius 2 is 1.96 bits per heavy atom. The number of amides is 1. The molecule has 1 aromatic carbocycles. The van der Waals surface area contributed by atoms with E-state index >= 15 is 0 Å². The largest absolute Gasteiger partial charge is 0.493 e. The number of carbonyl (C=O) groups excluding carboxylic acids is 1. The van der Waals surface area contributed by atoms with Gasteiger partial charge in [-0.2, -0.15) is 0 Å². The maximum atomic E-state index is 12.6. The number of benzene rings is 1. The molecule has 1 fully saturated rings. The Balaban J connectivity index is 1.91. The number of nitrogens with one attached hydrogen (secondary N) is 1. The molecule has 1 amide bonds. The van der Waals surface area contributed by atoms with E-state index in [1.165, 1.54) is 0 Å². The Morgan fingerprint density at radius 3 is 2.52 bits per heavy atom. The summed E-state index contributed by atoms with van der Waals surface area (Å²) in [6, 6.07) is 5.74. The molecule has 0 radical (unpaired) electrons. The van der Waals surface area contributed by atoms with E-state index < -0.39 is 5.54 Å². The molecule has 2 rings (SSSR count). The predicted molar refractivity (Wildman–Crippen MR) is 97.0 cm³/mol. The van der Waals surface area contributed by atoms with Crippen LogP contribution in [-0.4, -0.2) is 44.9 Å². The van der Waals surface area contributed by atoms with Gasteiger partial charge in [-0.1, -0.05) is 19.9 Å². The Kier molecular flexibility index (Phi) is 5.95. The molecule has 0 bridgehead atoms. The Labute approximate surface area is 150 Å². The van der Waals surface area contributed by atoms with Crippen molar-refractivity contribution >= 4 is 5.91 Å². The highest BCUT2D eigenvalue weighted by Crippen LogP contribution is 2.49. The van der Waals surface area contributed by atoms with E-state index in [9.17, 15) is 4.79 Å². The summed E-state index contributed by atoms with van der Waals surface area (Å²) in [5.74, 6) is 1.25. The molecule has 1 saturated carbocycles. The van der Waals surface area contributed by atoms with Crippen molar-refractivity contribution in [2.45, 2.75) is 45.3 Å². The normalized spacial score (nSPS) is 24.3. The Hall–Kier alpha value is -1.79. The second-order valence-electron chi connectivity index (χ2n) is 7.04. The van der Waals surface area contributed by atoms with E-state index in [1.54, 1.807) is 14.2 Å². The molecule has 0 aromatic heterocycles. The van der Waals surface area contributed by atoms with Crippen LogP contribution < -0.4 is 20.5 Å². The van der Waals surface area contributed by atoms with Gasteiger partial charge in [0.25, 0.3) is 0 Å². The van der Waals surface area contributed by atoms with Crippen molar-refractivity contribution in [2.24, 2.45) is 11.1 Å². The lowest BCUT2D eigenvalue weighted by Crippen LogP contribution is -2.75. The zero-order valence-electron chi connectivity index (χ0n) is 15.8. The smallest absolute Gasteiger partial charge is 0.240 e. The highest BCUT2D eigenvalue weighted by Gasteiger charge is 2.62. The van der Waals surface area contributed by atoms with E-state index in [2.05, 4.69) is 5.32 Å². The van der Waals surface area contributed by atoms with Gasteiger partial charge >= 0.3 is 0 Å². The first-order chi connectivity index (χ1) is 11.8. The van der Waals surface area contributed by atoms with Crippen LogP contribution in [-0.2, 0) is 16.0 Å². The zero-order valence-corrected chi connectivity index (χ0v) is 15.8. The van der Waals surface area contributed by atoms with Crippen molar-refractivity contribution in [2.75, 3.05) is 27.4 Å². The van der Waals surface area contributed by atoms with Gasteiger partial charge in [-0.05, 0) is 31.0 Å². The monoisotopic (exact) mass is 350 g/mol. The molecule has 6 heteroatoms. The van der Waals surface area contributed by atoms with Crippen molar-refractivity contribution in [1.82, 2.24) is 5.32 Å². The standard InChI is InChI=1S/C19H30N2O4/c1-6-25-16-12-19(20,18(16,2)3)17(22)21-10-9-13-7-8-14(23-4)15(11-13)24-5/h7-8,11,16H,6,9-10,12,20H2,1-5H3,(H,21,22). The minimum absolute atomic E-state index is 0.0269. The molecule has 3 N–H and O–H groups in total. The van der Waals surface area contributed by atoms with Gasteiger partial charge < -0.3 is 25.3 Å². The minimum Gasteiger partial charge on any atom is -0.493 e. The number of rotatable bonds is 8. The molecular weight excluding hydrogens is 320 g/mol. The average molecular weight is 350 g/mol. The van der Waals surface area contributed by atoms with Crippen LogP contribution in [0.5, 0.6) is 11.5 Å². The molecule has 0 aliphatic heterocycles. The quantitative estimate of drug-likeness (QED) is 0.748. The lowest BCUT2D eigenvalue weighted by atomic mass is 9.54. The van der Waals surface area contributed by atoms with Crippen LogP contribution in [0.2, 0.25) is 0 Å². The van der Waals surface area contributed by atoms with E-state index in [0.717, 1.165) is 5.56 Å². The molecular formula is C19H30N2O4. The number of carbonyl (C=O) groups is 1. The van der Waals surface area contributed by atoms with Crippen LogP contribution in [0, 0.1) is 5.41 Å². The van der Waals surface area contributed by atoms with Crippen molar-refractivity contribution in [3.05, 3.63) is 23.8 Å². The third-order valence-electron chi connectivity index (χ3n) is 5.38. The molecule has 2 atom stereocenters. The Morgan fingerprint density at radius 1 is 1.28 bits per heavy atom. The summed E-state index contributed by atoms with van der Waals surface area (Å²) in [5.41, 5.74) is 6.18. The molecule has 0 spiro atoms. The molecule has 140 valence electrons. The average Bonchev–Trinajstić information content (AvgIpc) is 2.60. The summed E-state index contributed by atoms with van der Waals surface area (Å²) in [7, 11) is 3.21. The van der Waals surface area contributed by atoms with Gasteiger partial charge in [-0.25, -0.2) is 0 Å². The van der Waals surface area contributed by atoms with Crippen LogP contribution in [0.25, 0.3) is 0 Å². The summed E-state index contributed by atoms with van der Waals surface area (Å²) >= 11 is 0. The third-order valence-corrected chi connectivity index (χ3v) is 5.38. The van der Waals surface area contributed by atoms with Gasteiger partial charge in [0.05, 0.1) is 20.3 Å². The van der Waals surface area contributed by atoms with E-state index in [0.29, 0.717) is 37.5 Å². The first-order valence-electron chi connectivity index (χ1n) is 8.69. The summed E-state index contributed by atoms with van der Waals surface area (Å²) < 4.78 is 16.2. The number of ether oxygens (including phenoxy) is 3. The highest BCUT2D eigenvalue weighted by molar-refractivity contribution is 5.88. The first kappa shape index (κ1) is 19.5. The molecule has 6 nitrogen and oxygen atoms in total.